The number of hydrogen-bond donors (Lipinski definition) is 3. The zero-order chi connectivity index (χ0) is 19.4. The molecule has 0 aromatic rings. The maximum atomic E-state index is 11.6. The smallest absolute Gasteiger partial charge is 0.407 e. The molecule has 0 aromatic heterocycles. The third-order valence-electron chi connectivity index (χ3n) is 3.83. The Labute approximate surface area is 181 Å². The third-order valence-corrected chi connectivity index (χ3v) is 3.83. The number of ether oxygens (including phenoxy) is 2. The summed E-state index contributed by atoms with van der Waals surface area (Å²) in [4.78, 5) is 18.2. The van der Waals surface area contributed by atoms with Gasteiger partial charge in [-0.05, 0) is 33.1 Å². The lowest BCUT2D eigenvalue weighted by molar-refractivity contribution is 0.0320. The largest absolute Gasteiger partial charge is 0.444 e. The van der Waals surface area contributed by atoms with Crippen molar-refractivity contribution in [2.24, 2.45) is 10.9 Å². The lowest BCUT2D eigenvalue weighted by atomic mass is 10.1. The highest BCUT2D eigenvalue weighted by Crippen LogP contribution is 2.06. The molecule has 160 valence electrons. The van der Waals surface area contributed by atoms with Crippen LogP contribution < -0.4 is 16.0 Å². The average Bonchev–Trinajstić information content (AvgIpc) is 2.56. The lowest BCUT2D eigenvalue weighted by Gasteiger charge is -2.29. The van der Waals surface area contributed by atoms with Crippen molar-refractivity contribution < 1.29 is 14.3 Å². The quantitative estimate of drug-likeness (QED) is 0.204. The van der Waals surface area contributed by atoms with Crippen molar-refractivity contribution in [3.05, 3.63) is 0 Å². The van der Waals surface area contributed by atoms with Gasteiger partial charge in [0.2, 0.25) is 0 Å². The van der Waals surface area contributed by atoms with E-state index in [1.54, 1.807) is 7.05 Å². The standard InChI is InChI=1S/C18H37N5O3.HI/c1-15(14-23-9-11-25-12-10-23)13-22-16(19-5)20-7-6-8-21-17(24)26-18(2,3)4;/h15H,6-14H2,1-5H3,(H,21,24)(H2,19,20,22);1H. The van der Waals surface area contributed by atoms with Crippen LogP contribution in [0.15, 0.2) is 4.99 Å². The van der Waals surface area contributed by atoms with E-state index < -0.39 is 5.60 Å². The van der Waals surface area contributed by atoms with E-state index in [2.05, 4.69) is 32.8 Å². The summed E-state index contributed by atoms with van der Waals surface area (Å²) in [6.45, 7) is 14.7. The van der Waals surface area contributed by atoms with Gasteiger partial charge in [0, 0.05) is 46.3 Å². The number of carbonyl (C=O) groups excluding carboxylic acids is 1. The number of halogens is 1. The van der Waals surface area contributed by atoms with Crippen molar-refractivity contribution in [3.8, 4) is 0 Å². The normalized spacial score (nSPS) is 16.9. The lowest BCUT2D eigenvalue weighted by Crippen LogP contribution is -2.44. The molecule has 1 atom stereocenters. The van der Waals surface area contributed by atoms with Crippen LogP contribution in [0.25, 0.3) is 0 Å². The second-order valence-electron chi connectivity index (χ2n) is 7.68. The van der Waals surface area contributed by atoms with Gasteiger partial charge in [-0.15, -0.1) is 24.0 Å². The molecule has 3 N–H and O–H groups in total. The number of rotatable bonds is 8. The van der Waals surface area contributed by atoms with Gasteiger partial charge >= 0.3 is 6.09 Å². The monoisotopic (exact) mass is 499 g/mol. The Hall–Kier alpha value is -0.810. The van der Waals surface area contributed by atoms with Crippen molar-refractivity contribution in [1.82, 2.24) is 20.9 Å². The van der Waals surface area contributed by atoms with E-state index in [1.807, 2.05) is 20.8 Å². The number of morpholine rings is 1. The number of hydrogen-bond acceptors (Lipinski definition) is 5. The van der Waals surface area contributed by atoms with Crippen molar-refractivity contribution in [2.45, 2.75) is 39.7 Å². The van der Waals surface area contributed by atoms with Gasteiger partial charge in [-0.3, -0.25) is 9.89 Å². The highest BCUT2D eigenvalue weighted by Gasteiger charge is 2.15. The van der Waals surface area contributed by atoms with Gasteiger partial charge in [-0.2, -0.15) is 0 Å². The summed E-state index contributed by atoms with van der Waals surface area (Å²) in [5, 5.41) is 9.37. The topological polar surface area (TPSA) is 87.2 Å². The summed E-state index contributed by atoms with van der Waals surface area (Å²) in [5.41, 5.74) is -0.466. The molecule has 8 nitrogen and oxygen atoms in total. The molecule has 1 aliphatic rings. The molecule has 9 heteroatoms. The molecule has 1 fully saturated rings. The molecule has 1 saturated heterocycles. The summed E-state index contributed by atoms with van der Waals surface area (Å²) in [6, 6.07) is 0. The number of guanidine groups is 1. The molecule has 0 aliphatic carbocycles. The third kappa shape index (κ3) is 13.9. The number of nitrogens with zero attached hydrogens (tertiary/aromatic N) is 2. The molecule has 1 unspecified atom stereocenters. The molecular weight excluding hydrogens is 461 g/mol. The van der Waals surface area contributed by atoms with E-state index in [1.165, 1.54) is 0 Å². The Kier molecular flexibility index (Phi) is 13.8. The number of nitrogens with one attached hydrogen (secondary N) is 3. The second kappa shape index (κ2) is 14.2. The van der Waals surface area contributed by atoms with Crippen LogP contribution in [0, 0.1) is 5.92 Å². The summed E-state index contributed by atoms with van der Waals surface area (Å²) < 4.78 is 10.6. The van der Waals surface area contributed by atoms with E-state index in [9.17, 15) is 4.79 Å². The van der Waals surface area contributed by atoms with Crippen molar-refractivity contribution >= 4 is 36.0 Å². The molecule has 0 radical (unpaired) electrons. The Morgan fingerprint density at radius 3 is 2.41 bits per heavy atom. The predicted octanol–water partition coefficient (Wildman–Crippen LogP) is 1.65. The fourth-order valence-corrected chi connectivity index (χ4v) is 2.58. The Balaban J connectivity index is 0.00000676. The number of amides is 1. The number of aliphatic imine (C=N–C) groups is 1. The highest BCUT2D eigenvalue weighted by molar-refractivity contribution is 14.0. The minimum Gasteiger partial charge on any atom is -0.444 e. The minimum absolute atomic E-state index is 0. The van der Waals surface area contributed by atoms with Gasteiger partial charge in [0.1, 0.15) is 5.60 Å². The maximum absolute atomic E-state index is 11.6. The molecule has 1 aliphatic heterocycles. The molecule has 0 bridgehead atoms. The second-order valence-corrected chi connectivity index (χ2v) is 7.68. The first-order valence-corrected chi connectivity index (χ1v) is 9.51. The van der Waals surface area contributed by atoms with Gasteiger partial charge in [-0.1, -0.05) is 6.92 Å². The van der Waals surface area contributed by atoms with Crippen LogP contribution in [0.1, 0.15) is 34.1 Å². The maximum Gasteiger partial charge on any atom is 0.407 e. The Morgan fingerprint density at radius 2 is 1.81 bits per heavy atom. The Morgan fingerprint density at radius 1 is 1.19 bits per heavy atom. The number of alkyl carbamates (subject to hydrolysis) is 1. The van der Waals surface area contributed by atoms with Gasteiger partial charge < -0.3 is 25.4 Å². The summed E-state index contributed by atoms with van der Waals surface area (Å²) in [6.07, 6.45) is 0.417. The fourth-order valence-electron chi connectivity index (χ4n) is 2.58. The summed E-state index contributed by atoms with van der Waals surface area (Å²) >= 11 is 0. The van der Waals surface area contributed by atoms with Crippen LogP contribution in [0.2, 0.25) is 0 Å². The molecular formula is C18H38IN5O3. The first-order chi connectivity index (χ1) is 12.3. The zero-order valence-corrected chi connectivity index (χ0v) is 19.8. The number of carbonyl (C=O) groups is 1. The van der Waals surface area contributed by atoms with Crippen LogP contribution in [-0.4, -0.2) is 82.1 Å². The van der Waals surface area contributed by atoms with E-state index in [4.69, 9.17) is 9.47 Å². The van der Waals surface area contributed by atoms with Crippen LogP contribution in [0.4, 0.5) is 4.79 Å². The molecule has 27 heavy (non-hydrogen) atoms. The van der Waals surface area contributed by atoms with Gasteiger partial charge in [0.25, 0.3) is 0 Å². The molecule has 1 rings (SSSR count). The summed E-state index contributed by atoms with van der Waals surface area (Å²) in [7, 11) is 1.76. The average molecular weight is 499 g/mol. The van der Waals surface area contributed by atoms with Gasteiger partial charge in [0.05, 0.1) is 13.2 Å². The van der Waals surface area contributed by atoms with Crippen molar-refractivity contribution in [1.29, 1.82) is 0 Å². The molecule has 0 aromatic carbocycles. The summed E-state index contributed by atoms with van der Waals surface area (Å²) in [5.74, 6) is 1.32. The van der Waals surface area contributed by atoms with E-state index in [0.29, 0.717) is 12.5 Å². The minimum atomic E-state index is -0.466. The first-order valence-electron chi connectivity index (χ1n) is 9.51. The van der Waals surface area contributed by atoms with Crippen LogP contribution in [0.3, 0.4) is 0 Å². The van der Waals surface area contributed by atoms with Crippen LogP contribution >= 0.6 is 24.0 Å². The van der Waals surface area contributed by atoms with Crippen LogP contribution in [-0.2, 0) is 9.47 Å². The highest BCUT2D eigenvalue weighted by atomic mass is 127. The Bertz CT molecular complexity index is 437. The fraction of sp³-hybridized carbons (Fsp3) is 0.889. The zero-order valence-electron chi connectivity index (χ0n) is 17.5. The van der Waals surface area contributed by atoms with Crippen molar-refractivity contribution in [3.63, 3.8) is 0 Å². The van der Waals surface area contributed by atoms with Crippen LogP contribution in [0.5, 0.6) is 0 Å². The molecule has 0 spiro atoms. The van der Waals surface area contributed by atoms with E-state index in [0.717, 1.165) is 58.3 Å². The molecule has 0 saturated carbocycles. The van der Waals surface area contributed by atoms with E-state index in [-0.39, 0.29) is 30.1 Å². The SMILES string of the molecule is CN=C(NCCCNC(=O)OC(C)(C)C)NCC(C)CN1CCOCC1.I. The first kappa shape index (κ1) is 26.2. The van der Waals surface area contributed by atoms with E-state index >= 15 is 0 Å². The van der Waals surface area contributed by atoms with Gasteiger partial charge in [0.15, 0.2) is 5.96 Å². The molecule has 1 heterocycles. The van der Waals surface area contributed by atoms with Gasteiger partial charge in [-0.25, -0.2) is 4.79 Å². The predicted molar refractivity (Wildman–Crippen MR) is 120 cm³/mol. The molecule has 1 amide bonds. The van der Waals surface area contributed by atoms with Crippen molar-refractivity contribution in [2.75, 3.05) is 59.5 Å².